The minimum absolute atomic E-state index is 0.0209. The first-order chi connectivity index (χ1) is 51.3. The molecule has 5 rings (SSSR count). The number of carbonyl (C=O) groups is 9. The Bertz CT molecular complexity index is 2750. The fourth-order valence-corrected chi connectivity index (χ4v) is 12.8. The fraction of sp³-hybridized carbons (Fsp3) is 0.769. The lowest BCUT2D eigenvalue weighted by Crippen LogP contribution is -2.68. The lowest BCUT2D eigenvalue weighted by molar-refractivity contribution is -0.309. The normalized spacial score (nSPS) is 24.3. The third-order valence-corrected chi connectivity index (χ3v) is 18.1. The molecule has 0 radical (unpaired) electrons. The summed E-state index contributed by atoms with van der Waals surface area (Å²) in [6.07, 6.45) is -13.2. The van der Waals surface area contributed by atoms with Crippen LogP contribution in [0.25, 0.3) is 0 Å². The van der Waals surface area contributed by atoms with Crippen LogP contribution in [0.5, 0.6) is 11.5 Å². The smallest absolute Gasteiger partial charge is 0.364 e. The fourth-order valence-electron chi connectivity index (χ4n) is 11.2. The van der Waals surface area contributed by atoms with Crippen molar-refractivity contribution in [3.63, 3.8) is 0 Å². The van der Waals surface area contributed by atoms with Crippen molar-refractivity contribution < 1.29 is 161 Å². The second-order valence-corrected chi connectivity index (χ2v) is 26.1. The van der Waals surface area contributed by atoms with E-state index in [1.54, 1.807) is 6.07 Å². The lowest BCUT2D eigenvalue weighted by Gasteiger charge is -2.46. The molecule has 0 aliphatic carbocycles. The Balaban J connectivity index is 0.949. The van der Waals surface area contributed by atoms with Gasteiger partial charge in [0.15, 0.2) is 0 Å². The third-order valence-electron chi connectivity index (χ3n) is 16.6. The zero-order valence-electron chi connectivity index (χ0n) is 59.8. The molecule has 0 aromatic heterocycles. The van der Waals surface area contributed by atoms with Crippen LogP contribution in [-0.4, -0.2) is 372 Å². The largest absolute Gasteiger partial charge is 0.491 e. The molecule has 1 aromatic carbocycles. The van der Waals surface area contributed by atoms with Crippen molar-refractivity contribution >= 4 is 65.2 Å². The number of rotatable bonds is 57. The van der Waals surface area contributed by atoms with E-state index in [4.69, 9.17) is 66.3 Å². The van der Waals surface area contributed by atoms with E-state index in [1.807, 2.05) is 11.8 Å². The van der Waals surface area contributed by atoms with Crippen LogP contribution in [0.1, 0.15) is 62.7 Å². The van der Waals surface area contributed by atoms with Gasteiger partial charge in [-0.15, -0.1) is 0 Å². The summed E-state index contributed by atoms with van der Waals surface area (Å²) in [4.78, 5) is 111. The van der Waals surface area contributed by atoms with Crippen LogP contribution in [0.2, 0.25) is 0 Å². The van der Waals surface area contributed by atoms with E-state index in [0.717, 1.165) is 38.9 Å². The molecular formula is C65H106N8O33S. The first-order valence-corrected chi connectivity index (χ1v) is 36.1. The molecule has 1 aromatic rings. The number of benzene rings is 1. The molecule has 0 spiro atoms. The van der Waals surface area contributed by atoms with Gasteiger partial charge in [-0.25, -0.2) is 14.4 Å². The van der Waals surface area contributed by atoms with Crippen LogP contribution >= 0.6 is 11.8 Å². The number of carbonyl (C=O) groups excluding carboxylic acids is 7. The van der Waals surface area contributed by atoms with Crippen LogP contribution in [0.3, 0.4) is 0 Å². The Morgan fingerprint density at radius 3 is 1.31 bits per heavy atom. The van der Waals surface area contributed by atoms with Gasteiger partial charge in [-0.2, -0.15) is 11.8 Å². The van der Waals surface area contributed by atoms with Crippen LogP contribution in [0, 0.1) is 0 Å². The summed E-state index contributed by atoms with van der Waals surface area (Å²) in [7, 11) is 0. The Morgan fingerprint density at radius 2 is 0.916 bits per heavy atom. The average Bonchev–Trinajstić information content (AvgIpc) is 1.37. The van der Waals surface area contributed by atoms with Crippen molar-refractivity contribution in [1.29, 1.82) is 0 Å². The predicted molar refractivity (Wildman–Crippen MR) is 366 cm³/mol. The van der Waals surface area contributed by atoms with E-state index >= 15 is 0 Å². The van der Waals surface area contributed by atoms with Crippen LogP contribution in [0.4, 0.5) is 4.79 Å². The van der Waals surface area contributed by atoms with E-state index in [0.29, 0.717) is 36.3 Å². The number of unbranched alkanes of at least 4 members (excludes halogenated alkanes) is 1. The average molecular weight is 1560 g/mol. The molecule has 0 unspecified atom stereocenters. The van der Waals surface area contributed by atoms with Crippen molar-refractivity contribution in [3.05, 3.63) is 23.8 Å². The summed E-state index contributed by atoms with van der Waals surface area (Å²) in [6, 6.07) is 2.02. The molecule has 4 heterocycles. The van der Waals surface area contributed by atoms with Gasteiger partial charge in [0.25, 0.3) is 17.5 Å². The molecule has 610 valence electrons. The van der Waals surface area contributed by atoms with E-state index in [-0.39, 0.29) is 162 Å². The molecular weight excluding hydrogens is 1450 g/mol. The van der Waals surface area contributed by atoms with Gasteiger partial charge < -0.3 is 160 Å². The minimum atomic E-state index is -2.68. The number of aliphatic hydroxyl groups excluding tert-OH is 8. The molecule has 4 fully saturated rings. The Kier molecular flexibility index (Phi) is 42.1. The van der Waals surface area contributed by atoms with Gasteiger partial charge in [0.1, 0.15) is 74.6 Å². The maximum atomic E-state index is 13.4. The molecule has 0 bridgehead atoms. The number of urea groups is 1. The molecule has 18 N–H and O–H groups in total. The first kappa shape index (κ1) is 91.0. The first-order valence-electron chi connectivity index (χ1n) is 35.1. The summed E-state index contributed by atoms with van der Waals surface area (Å²) in [6.45, 7) is 1.63. The van der Waals surface area contributed by atoms with Gasteiger partial charge in [0.2, 0.25) is 29.5 Å². The van der Waals surface area contributed by atoms with Gasteiger partial charge in [0.05, 0.1) is 155 Å². The molecule has 0 saturated carbocycles. The Hall–Kier alpha value is -6.60. The highest BCUT2D eigenvalue weighted by Crippen LogP contribution is 2.36. The number of carboxylic acid groups (broad SMARTS) is 2. The van der Waals surface area contributed by atoms with Crippen LogP contribution in [0.15, 0.2) is 18.2 Å². The molecule has 107 heavy (non-hydrogen) atoms. The number of nitrogens with one attached hydrogen (secondary N) is 8. The van der Waals surface area contributed by atoms with Gasteiger partial charge in [0, 0.05) is 81.9 Å². The van der Waals surface area contributed by atoms with Crippen LogP contribution < -0.4 is 52.0 Å². The van der Waals surface area contributed by atoms with Crippen molar-refractivity contribution in [2.45, 2.75) is 142 Å². The lowest BCUT2D eigenvalue weighted by atomic mass is 9.88. The number of hydrogen-bond acceptors (Lipinski definition) is 32. The van der Waals surface area contributed by atoms with Crippen molar-refractivity contribution in [1.82, 2.24) is 42.5 Å². The van der Waals surface area contributed by atoms with Gasteiger partial charge >= 0.3 is 18.0 Å². The summed E-state index contributed by atoms with van der Waals surface area (Å²) in [5.41, 5.74) is 0.217. The molecule has 4 saturated heterocycles. The van der Waals surface area contributed by atoms with E-state index in [1.165, 1.54) is 12.1 Å². The quantitative estimate of drug-likeness (QED) is 0.0213. The molecule has 8 amide bonds. The summed E-state index contributed by atoms with van der Waals surface area (Å²) in [5, 5.41) is 123. The number of carboxylic acids is 2. The topological polar surface area (TPSA) is 581 Å². The zero-order valence-corrected chi connectivity index (χ0v) is 60.7. The highest BCUT2D eigenvalue weighted by atomic mass is 32.2. The number of hydrogen-bond donors (Lipinski definition) is 18. The molecule has 41 nitrogen and oxygen atoms in total. The molecule has 15 atom stereocenters. The monoisotopic (exact) mass is 1560 g/mol. The number of aliphatic carboxylic acids is 2. The Morgan fingerprint density at radius 1 is 0.533 bits per heavy atom. The molecule has 42 heteroatoms. The summed E-state index contributed by atoms with van der Waals surface area (Å²) < 4.78 is 78.0. The predicted octanol–water partition coefficient (Wildman–Crippen LogP) is -7.29. The van der Waals surface area contributed by atoms with Crippen molar-refractivity contribution in [3.8, 4) is 11.5 Å². The highest BCUT2D eigenvalue weighted by Gasteiger charge is 2.58. The second kappa shape index (κ2) is 49.5. The van der Waals surface area contributed by atoms with E-state index in [2.05, 4.69) is 42.5 Å². The van der Waals surface area contributed by atoms with Crippen molar-refractivity contribution in [2.75, 3.05) is 177 Å². The van der Waals surface area contributed by atoms with E-state index < -0.39 is 153 Å². The minimum Gasteiger partial charge on any atom is -0.491 e. The molecule has 4 aliphatic rings. The number of aliphatic hydroxyl groups is 8. The molecule has 4 aliphatic heterocycles. The number of ether oxygens (including phenoxy) is 14. The summed E-state index contributed by atoms with van der Waals surface area (Å²) >= 11 is 1.84. The highest BCUT2D eigenvalue weighted by molar-refractivity contribution is 8.00. The van der Waals surface area contributed by atoms with Gasteiger partial charge in [-0.3, -0.25) is 28.8 Å². The summed E-state index contributed by atoms with van der Waals surface area (Å²) in [5.74, 6) is -10.9. The maximum absolute atomic E-state index is 13.4. The third kappa shape index (κ3) is 32.5. The second-order valence-electron chi connectivity index (χ2n) is 24.8. The van der Waals surface area contributed by atoms with Crippen molar-refractivity contribution in [2.24, 2.45) is 0 Å². The SMILES string of the molecule is CC(=O)N[C@H]1[C@H]([C@H](O)[C@H](O)CO)O[C@@](OCC(=O)NCCOCCOCCOCCOc2cc(OCCOCCOCCOCCNC(=O)CO[C@]3(C(=O)O)C[C@H](O)[C@@H](NC(C)=O)[C@H]([C@H](O)[C@H](O)CO)O3)cc(C(=O)NCCOCCOCCNC(=O)CCCC[C@@H]3SC[C@@H]4NC(=O)N[C@@H]43)c2)(C(=O)O)C[C@@H]1O. The maximum Gasteiger partial charge on any atom is 0.364 e. The number of thioether (sulfide) groups is 1. The number of amides is 8. The van der Waals surface area contributed by atoms with E-state index in [9.17, 15) is 94.2 Å². The van der Waals surface area contributed by atoms with Gasteiger partial charge in [-0.1, -0.05) is 6.42 Å². The number of fused-ring (bicyclic) bond motifs is 1. The van der Waals surface area contributed by atoms with Gasteiger partial charge in [-0.05, 0) is 25.0 Å². The van der Waals surface area contributed by atoms with Crippen LogP contribution in [-0.2, 0) is 90.4 Å². The zero-order chi connectivity index (χ0) is 78.2. The Labute approximate surface area is 620 Å². The standard InChI is InChI=1S/C65H106N8O33S/c1-39(76)70-54-45(78)32-64(61(88)89,105-58(54)56(85)47(80)34-74)103-36-51(83)67-8-12-94-17-19-97-21-23-99-25-27-101-42-29-41(60(87)69-10-14-96-16-15-93-11-7-66-50(82)6-4-3-5-49-53-44(38-107-49)72-63(92)73-53)30-43(31-42)102-28-26-100-24-22-98-20-18-95-13-9-68-52(84)37-104-65(62(90)91)33-46(79)55(71-40(2)77)59(106-65)57(86)48(81)35-75/h29-31,44-49,53-59,74-75,78-81,85-86H,3-28,32-38H2,1-2H3,(H,66,82)(H,67,83)(H,68,84)(H,69,87)(H,70,76)(H,71,77)(H,88,89)(H,90,91)(H2,72,73,92)/t44-,45-,46-,47+,48+,49-,53-,54+,55+,56+,57+,58+,59+,64+,65+/m0/s1.